The zero-order valence-corrected chi connectivity index (χ0v) is 9.22. The average Bonchev–Trinajstić information content (AvgIpc) is 2.13. The maximum Gasteiger partial charge on any atom is 0.315 e. The first-order chi connectivity index (χ1) is 7.56. The van der Waals surface area contributed by atoms with Gasteiger partial charge in [0.05, 0.1) is 0 Å². The first-order valence-corrected chi connectivity index (χ1v) is 6.16. The molecule has 2 nitrogen and oxygen atoms in total. The minimum Gasteiger partial charge on any atom is -0.346 e. The van der Waals surface area contributed by atoms with Crippen LogP contribution in [0.2, 0.25) is 0 Å². The van der Waals surface area contributed by atoms with Crippen molar-refractivity contribution in [3.05, 3.63) is 0 Å². The highest BCUT2D eigenvalue weighted by Crippen LogP contribution is 2.55. The average molecular weight is 229 g/mol. The summed E-state index contributed by atoms with van der Waals surface area (Å²) in [6, 6.07) is 0. The van der Waals surface area contributed by atoms with Gasteiger partial charge in [-0.15, -0.1) is 0 Å². The standard InChI is InChI=1S/C12H17F2NO/c13-10(14)11(16)15-12-4-7-1-8(5-12)3-9(2-7)6-12/h7-10H,1-6H2,(H,15,16). The molecule has 0 aromatic carbocycles. The number of hydrogen-bond donors (Lipinski definition) is 1. The van der Waals surface area contributed by atoms with Crippen LogP contribution in [0.1, 0.15) is 38.5 Å². The Morgan fingerprint density at radius 2 is 1.50 bits per heavy atom. The van der Waals surface area contributed by atoms with E-state index in [4.69, 9.17) is 0 Å². The van der Waals surface area contributed by atoms with Crippen LogP contribution >= 0.6 is 0 Å². The van der Waals surface area contributed by atoms with Crippen molar-refractivity contribution in [3.63, 3.8) is 0 Å². The first-order valence-electron chi connectivity index (χ1n) is 6.16. The van der Waals surface area contributed by atoms with E-state index in [9.17, 15) is 13.6 Å². The van der Waals surface area contributed by atoms with Gasteiger partial charge in [0.2, 0.25) is 0 Å². The van der Waals surface area contributed by atoms with Crippen molar-refractivity contribution in [2.24, 2.45) is 17.8 Å². The zero-order chi connectivity index (χ0) is 11.3. The lowest BCUT2D eigenvalue weighted by atomic mass is 9.53. The molecule has 4 saturated carbocycles. The summed E-state index contributed by atoms with van der Waals surface area (Å²) in [6.45, 7) is 0. The molecular formula is C12H17F2NO. The van der Waals surface area contributed by atoms with E-state index in [1.54, 1.807) is 0 Å². The van der Waals surface area contributed by atoms with Gasteiger partial charge in [0, 0.05) is 5.54 Å². The van der Waals surface area contributed by atoms with E-state index in [1.807, 2.05) is 0 Å². The van der Waals surface area contributed by atoms with Crippen molar-refractivity contribution in [2.75, 3.05) is 0 Å². The summed E-state index contributed by atoms with van der Waals surface area (Å²) in [5.74, 6) is 0.944. The van der Waals surface area contributed by atoms with Crippen molar-refractivity contribution >= 4 is 5.91 Å². The van der Waals surface area contributed by atoms with Crippen LogP contribution in [0.5, 0.6) is 0 Å². The summed E-state index contributed by atoms with van der Waals surface area (Å²) >= 11 is 0. The second-order valence-corrected chi connectivity index (χ2v) is 5.99. The molecule has 4 heteroatoms. The van der Waals surface area contributed by atoms with Crippen molar-refractivity contribution in [1.82, 2.24) is 5.32 Å². The lowest BCUT2D eigenvalue weighted by Gasteiger charge is -2.56. The van der Waals surface area contributed by atoms with Crippen LogP contribution in [0.4, 0.5) is 8.78 Å². The molecular weight excluding hydrogens is 212 g/mol. The Morgan fingerprint density at radius 1 is 1.06 bits per heavy atom. The topological polar surface area (TPSA) is 29.1 Å². The third-order valence-electron chi connectivity index (χ3n) is 4.62. The number of halogens is 2. The lowest BCUT2D eigenvalue weighted by molar-refractivity contribution is -0.137. The van der Waals surface area contributed by atoms with Gasteiger partial charge in [0.25, 0.3) is 5.91 Å². The molecule has 1 N–H and O–H groups in total. The number of hydrogen-bond acceptors (Lipinski definition) is 1. The fraction of sp³-hybridized carbons (Fsp3) is 0.917. The van der Waals surface area contributed by atoms with Gasteiger partial charge in [0.15, 0.2) is 0 Å². The van der Waals surface area contributed by atoms with Crippen LogP contribution in [0.15, 0.2) is 0 Å². The van der Waals surface area contributed by atoms with Crippen LogP contribution < -0.4 is 5.32 Å². The normalized spacial score (nSPS) is 45.1. The van der Waals surface area contributed by atoms with Crippen LogP contribution in [-0.2, 0) is 4.79 Å². The highest BCUT2D eigenvalue weighted by atomic mass is 19.3. The molecule has 4 rings (SSSR count). The van der Waals surface area contributed by atoms with Crippen LogP contribution in [0.25, 0.3) is 0 Å². The van der Waals surface area contributed by atoms with E-state index in [0.717, 1.165) is 19.3 Å². The van der Waals surface area contributed by atoms with Gasteiger partial charge in [-0.25, -0.2) is 0 Å². The molecule has 0 atom stereocenters. The third kappa shape index (κ3) is 1.62. The number of nitrogens with one attached hydrogen (secondary N) is 1. The summed E-state index contributed by atoms with van der Waals surface area (Å²) in [5.41, 5.74) is -0.276. The fourth-order valence-corrected chi connectivity index (χ4v) is 4.58. The molecule has 0 aromatic rings. The number of carbonyl (C=O) groups excluding carboxylic acids is 1. The highest BCUT2D eigenvalue weighted by molar-refractivity contribution is 5.80. The molecule has 0 saturated heterocycles. The Labute approximate surface area is 93.8 Å². The highest BCUT2D eigenvalue weighted by Gasteiger charge is 2.51. The van der Waals surface area contributed by atoms with Crippen LogP contribution in [-0.4, -0.2) is 17.9 Å². The summed E-state index contributed by atoms with van der Waals surface area (Å²) in [6.07, 6.45) is 3.68. The molecule has 4 bridgehead atoms. The zero-order valence-electron chi connectivity index (χ0n) is 9.22. The van der Waals surface area contributed by atoms with E-state index in [-0.39, 0.29) is 5.54 Å². The monoisotopic (exact) mass is 229 g/mol. The molecule has 90 valence electrons. The Balaban J connectivity index is 1.76. The molecule has 0 heterocycles. The summed E-state index contributed by atoms with van der Waals surface area (Å²) in [5, 5.41) is 2.64. The number of alkyl halides is 2. The molecule has 0 aromatic heterocycles. The minimum absolute atomic E-state index is 0.276. The molecule has 0 radical (unpaired) electrons. The van der Waals surface area contributed by atoms with Crippen LogP contribution in [0, 0.1) is 17.8 Å². The van der Waals surface area contributed by atoms with E-state index in [2.05, 4.69) is 5.32 Å². The Morgan fingerprint density at radius 3 is 1.88 bits per heavy atom. The molecule has 0 unspecified atom stereocenters. The number of carbonyl (C=O) groups is 1. The van der Waals surface area contributed by atoms with Gasteiger partial charge in [-0.3, -0.25) is 4.79 Å². The minimum atomic E-state index is -2.87. The van der Waals surface area contributed by atoms with Crippen molar-refractivity contribution in [3.8, 4) is 0 Å². The van der Waals surface area contributed by atoms with Gasteiger partial charge in [-0.2, -0.15) is 8.78 Å². The summed E-state index contributed by atoms with van der Waals surface area (Å²) in [7, 11) is 0. The summed E-state index contributed by atoms with van der Waals surface area (Å²) < 4.78 is 24.6. The molecule has 4 aliphatic carbocycles. The van der Waals surface area contributed by atoms with E-state index >= 15 is 0 Å². The van der Waals surface area contributed by atoms with E-state index in [1.165, 1.54) is 19.3 Å². The van der Waals surface area contributed by atoms with Crippen molar-refractivity contribution < 1.29 is 13.6 Å². The predicted molar refractivity (Wildman–Crippen MR) is 55.0 cm³/mol. The van der Waals surface area contributed by atoms with Gasteiger partial charge in [0.1, 0.15) is 0 Å². The number of rotatable bonds is 2. The Hall–Kier alpha value is -0.670. The Bertz CT molecular complexity index is 281. The predicted octanol–water partition coefficient (Wildman–Crippen LogP) is 2.34. The Kier molecular flexibility index (Phi) is 2.23. The second-order valence-electron chi connectivity index (χ2n) is 5.99. The molecule has 0 aliphatic heterocycles. The number of amides is 1. The fourth-order valence-electron chi connectivity index (χ4n) is 4.58. The van der Waals surface area contributed by atoms with Crippen LogP contribution in [0.3, 0.4) is 0 Å². The maximum atomic E-state index is 12.3. The van der Waals surface area contributed by atoms with E-state index < -0.39 is 12.3 Å². The molecule has 0 spiro atoms. The molecule has 4 fully saturated rings. The van der Waals surface area contributed by atoms with Gasteiger partial charge < -0.3 is 5.32 Å². The quantitative estimate of drug-likeness (QED) is 0.773. The SMILES string of the molecule is O=C(NC12CC3CC(CC(C3)C1)C2)C(F)F. The van der Waals surface area contributed by atoms with Gasteiger partial charge in [-0.05, 0) is 56.3 Å². The third-order valence-corrected chi connectivity index (χ3v) is 4.62. The summed E-state index contributed by atoms with van der Waals surface area (Å²) in [4.78, 5) is 11.2. The van der Waals surface area contributed by atoms with Crippen molar-refractivity contribution in [2.45, 2.75) is 50.5 Å². The molecule has 1 amide bonds. The van der Waals surface area contributed by atoms with Crippen molar-refractivity contribution in [1.29, 1.82) is 0 Å². The second kappa shape index (κ2) is 3.41. The van der Waals surface area contributed by atoms with E-state index in [0.29, 0.717) is 17.8 Å². The first kappa shape index (κ1) is 10.5. The molecule has 4 aliphatic rings. The van der Waals surface area contributed by atoms with Gasteiger partial charge in [-0.1, -0.05) is 0 Å². The van der Waals surface area contributed by atoms with Gasteiger partial charge >= 0.3 is 6.43 Å². The smallest absolute Gasteiger partial charge is 0.315 e. The lowest BCUT2D eigenvalue weighted by Crippen LogP contribution is -2.60. The maximum absolute atomic E-state index is 12.3. The largest absolute Gasteiger partial charge is 0.346 e. The molecule has 16 heavy (non-hydrogen) atoms.